The van der Waals surface area contributed by atoms with Gasteiger partial charge in [-0.3, -0.25) is 0 Å². The summed E-state index contributed by atoms with van der Waals surface area (Å²) in [6.45, 7) is 1.81. The highest BCUT2D eigenvalue weighted by molar-refractivity contribution is 4.83. The van der Waals surface area contributed by atoms with E-state index in [4.69, 9.17) is 10.8 Å². The molecule has 0 radical (unpaired) electrons. The van der Waals surface area contributed by atoms with Crippen molar-refractivity contribution in [2.24, 2.45) is 5.73 Å². The maximum atomic E-state index is 9.56. The van der Waals surface area contributed by atoms with Crippen LogP contribution in [0.2, 0.25) is 0 Å². The number of aliphatic hydroxyl groups excluding tert-OH is 3. The third kappa shape index (κ3) is 6.95. The van der Waals surface area contributed by atoms with Crippen molar-refractivity contribution in [2.75, 3.05) is 6.61 Å². The van der Waals surface area contributed by atoms with Gasteiger partial charge in [0.25, 0.3) is 0 Å². The largest absolute Gasteiger partial charge is 0.395 e. The number of nitrogens with two attached hydrogens (primary N) is 1. The summed E-state index contributed by atoms with van der Waals surface area (Å²) in [6, 6.07) is -0.759. The van der Waals surface area contributed by atoms with Gasteiger partial charge in [0.2, 0.25) is 0 Å². The molecule has 0 fully saturated rings. The molecule has 0 aliphatic rings. The van der Waals surface area contributed by atoms with Crippen molar-refractivity contribution in [2.45, 2.75) is 57.3 Å². The molecule has 0 saturated heterocycles. The second-order valence-electron chi connectivity index (χ2n) is 4.10. The Morgan fingerprint density at radius 3 is 2.38 bits per heavy atom. The number of hydrogen-bond acceptors (Lipinski definition) is 4. The van der Waals surface area contributed by atoms with E-state index in [9.17, 15) is 10.2 Å². The Kier molecular flexibility index (Phi) is 9.52. The Morgan fingerprint density at radius 1 is 1.19 bits per heavy atom. The summed E-state index contributed by atoms with van der Waals surface area (Å²) in [6.07, 6.45) is 6.78. The van der Waals surface area contributed by atoms with Gasteiger partial charge >= 0.3 is 0 Å². The minimum Gasteiger partial charge on any atom is -0.395 e. The smallest absolute Gasteiger partial charge is 0.0971 e. The highest BCUT2D eigenvalue weighted by atomic mass is 16.3. The Balaban J connectivity index is 3.60. The molecule has 0 aliphatic carbocycles. The molecule has 0 aromatic rings. The number of aliphatic hydroxyl groups is 3. The molecule has 0 heterocycles. The maximum absolute atomic E-state index is 9.56. The van der Waals surface area contributed by atoms with Crippen LogP contribution in [0.1, 0.15) is 39.0 Å². The number of rotatable bonds is 9. The van der Waals surface area contributed by atoms with Crippen LogP contribution in [0.3, 0.4) is 0 Å². The molecule has 5 N–H and O–H groups in total. The van der Waals surface area contributed by atoms with E-state index in [1.54, 1.807) is 0 Å². The van der Waals surface area contributed by atoms with Crippen LogP contribution >= 0.6 is 0 Å². The quantitative estimate of drug-likeness (QED) is 0.345. The second-order valence-corrected chi connectivity index (χ2v) is 4.10. The molecule has 0 rings (SSSR count). The van der Waals surface area contributed by atoms with Crippen molar-refractivity contribution in [1.29, 1.82) is 0 Å². The molecule has 4 heteroatoms. The summed E-state index contributed by atoms with van der Waals surface area (Å²) in [5, 5.41) is 27.7. The SMILES string of the molecule is CCC/C=C/CCCC(O)[C@@H](O)C(N)CO. The fraction of sp³-hybridized carbons (Fsp3) is 0.833. The molecule has 0 aromatic heterocycles. The van der Waals surface area contributed by atoms with Crippen LogP contribution in [-0.2, 0) is 0 Å². The summed E-state index contributed by atoms with van der Waals surface area (Å²) in [5.41, 5.74) is 5.41. The molecule has 0 bridgehead atoms. The minimum atomic E-state index is -1.04. The highest BCUT2D eigenvalue weighted by Crippen LogP contribution is 2.08. The average molecular weight is 231 g/mol. The molecular formula is C12H25NO3. The standard InChI is InChI=1S/C12H25NO3/c1-2-3-4-5-6-7-8-11(15)12(16)10(13)9-14/h4-5,10-12,14-16H,2-3,6-9,13H2,1H3/b5-4+/t10?,11?,12-/m0/s1. The maximum Gasteiger partial charge on any atom is 0.0971 e. The predicted octanol–water partition coefficient (Wildman–Crippen LogP) is 0.554. The first-order chi connectivity index (χ1) is 7.63. The molecule has 16 heavy (non-hydrogen) atoms. The first-order valence-electron chi connectivity index (χ1n) is 6.01. The van der Waals surface area contributed by atoms with Gasteiger partial charge in [0, 0.05) is 0 Å². The van der Waals surface area contributed by atoms with Crippen molar-refractivity contribution < 1.29 is 15.3 Å². The van der Waals surface area contributed by atoms with Crippen molar-refractivity contribution in [3.8, 4) is 0 Å². The topological polar surface area (TPSA) is 86.7 Å². The molecule has 3 atom stereocenters. The van der Waals surface area contributed by atoms with E-state index < -0.39 is 18.2 Å². The van der Waals surface area contributed by atoms with Crippen molar-refractivity contribution >= 4 is 0 Å². The van der Waals surface area contributed by atoms with Gasteiger partial charge in [0.15, 0.2) is 0 Å². The van der Waals surface area contributed by atoms with E-state index in [0.29, 0.717) is 6.42 Å². The van der Waals surface area contributed by atoms with Crippen LogP contribution < -0.4 is 5.73 Å². The molecule has 0 aromatic carbocycles. The van der Waals surface area contributed by atoms with Gasteiger partial charge in [-0.2, -0.15) is 0 Å². The fourth-order valence-electron chi connectivity index (χ4n) is 1.41. The first kappa shape index (κ1) is 15.6. The predicted molar refractivity (Wildman–Crippen MR) is 65.0 cm³/mol. The zero-order valence-electron chi connectivity index (χ0n) is 10.0. The Labute approximate surface area is 97.8 Å². The fourth-order valence-corrected chi connectivity index (χ4v) is 1.41. The molecule has 2 unspecified atom stereocenters. The molecule has 4 nitrogen and oxygen atoms in total. The Hall–Kier alpha value is -0.420. The molecule has 0 spiro atoms. The zero-order chi connectivity index (χ0) is 12.4. The van der Waals surface area contributed by atoms with Gasteiger partial charge in [-0.1, -0.05) is 25.5 Å². The van der Waals surface area contributed by atoms with Crippen molar-refractivity contribution in [1.82, 2.24) is 0 Å². The second kappa shape index (κ2) is 9.78. The van der Waals surface area contributed by atoms with E-state index in [2.05, 4.69) is 19.1 Å². The van der Waals surface area contributed by atoms with Crippen LogP contribution in [0.15, 0.2) is 12.2 Å². The Morgan fingerprint density at radius 2 is 1.81 bits per heavy atom. The van der Waals surface area contributed by atoms with Gasteiger partial charge in [-0.25, -0.2) is 0 Å². The number of unbranched alkanes of at least 4 members (excludes halogenated alkanes) is 2. The molecule has 0 amide bonds. The monoisotopic (exact) mass is 231 g/mol. The summed E-state index contributed by atoms with van der Waals surface area (Å²) >= 11 is 0. The van der Waals surface area contributed by atoms with Crippen molar-refractivity contribution in [3.05, 3.63) is 12.2 Å². The van der Waals surface area contributed by atoms with E-state index in [0.717, 1.165) is 25.7 Å². The van der Waals surface area contributed by atoms with E-state index >= 15 is 0 Å². The lowest BCUT2D eigenvalue weighted by molar-refractivity contribution is -0.0117. The number of allylic oxidation sites excluding steroid dienone is 2. The molecule has 96 valence electrons. The zero-order valence-corrected chi connectivity index (χ0v) is 10.0. The Bertz CT molecular complexity index is 185. The lowest BCUT2D eigenvalue weighted by Crippen LogP contribution is -2.45. The van der Waals surface area contributed by atoms with Gasteiger partial charge < -0.3 is 21.1 Å². The normalized spacial score (nSPS) is 17.6. The summed E-state index contributed by atoms with van der Waals surface area (Å²) in [7, 11) is 0. The summed E-state index contributed by atoms with van der Waals surface area (Å²) < 4.78 is 0. The van der Waals surface area contributed by atoms with Crippen LogP contribution in [0.25, 0.3) is 0 Å². The van der Waals surface area contributed by atoms with Crippen LogP contribution in [0.4, 0.5) is 0 Å². The van der Waals surface area contributed by atoms with Gasteiger partial charge in [0.05, 0.1) is 24.9 Å². The van der Waals surface area contributed by atoms with Gasteiger partial charge in [-0.05, 0) is 25.7 Å². The molecular weight excluding hydrogens is 206 g/mol. The summed E-state index contributed by atoms with van der Waals surface area (Å²) in [4.78, 5) is 0. The van der Waals surface area contributed by atoms with Crippen LogP contribution in [0.5, 0.6) is 0 Å². The number of hydrogen-bond donors (Lipinski definition) is 4. The highest BCUT2D eigenvalue weighted by Gasteiger charge is 2.21. The van der Waals surface area contributed by atoms with E-state index in [-0.39, 0.29) is 6.61 Å². The lowest BCUT2D eigenvalue weighted by Gasteiger charge is -2.21. The van der Waals surface area contributed by atoms with Gasteiger partial charge in [-0.15, -0.1) is 0 Å². The summed E-state index contributed by atoms with van der Waals surface area (Å²) in [5.74, 6) is 0. The third-order valence-corrected chi connectivity index (χ3v) is 2.54. The molecule has 0 saturated carbocycles. The van der Waals surface area contributed by atoms with Gasteiger partial charge in [0.1, 0.15) is 0 Å². The van der Waals surface area contributed by atoms with Crippen LogP contribution in [0, 0.1) is 0 Å². The van der Waals surface area contributed by atoms with Crippen LogP contribution in [-0.4, -0.2) is 40.2 Å². The van der Waals surface area contributed by atoms with E-state index in [1.807, 2.05) is 0 Å². The first-order valence-corrected chi connectivity index (χ1v) is 6.01. The molecule has 0 aliphatic heterocycles. The van der Waals surface area contributed by atoms with E-state index in [1.165, 1.54) is 0 Å². The minimum absolute atomic E-state index is 0.311. The van der Waals surface area contributed by atoms with Crippen molar-refractivity contribution in [3.63, 3.8) is 0 Å². The lowest BCUT2D eigenvalue weighted by atomic mass is 10.0. The third-order valence-electron chi connectivity index (χ3n) is 2.54. The average Bonchev–Trinajstić information content (AvgIpc) is 2.31.